The fraction of sp³-hybridized carbons (Fsp3) is 0.435. The minimum atomic E-state index is -3.49. The molecule has 7 heteroatoms. The van der Waals surface area contributed by atoms with Crippen molar-refractivity contribution < 1.29 is 18.1 Å². The monoisotopic (exact) mass is 430 g/mol. The fourth-order valence-electron chi connectivity index (χ4n) is 3.90. The molecule has 6 nitrogen and oxygen atoms in total. The number of rotatable bonds is 7. The summed E-state index contributed by atoms with van der Waals surface area (Å²) >= 11 is 0. The van der Waals surface area contributed by atoms with E-state index in [9.17, 15) is 13.2 Å². The van der Waals surface area contributed by atoms with Crippen molar-refractivity contribution in [3.8, 4) is 0 Å². The fourth-order valence-corrected chi connectivity index (χ4v) is 5.35. The van der Waals surface area contributed by atoms with Gasteiger partial charge in [0.25, 0.3) is 5.91 Å². The van der Waals surface area contributed by atoms with Crippen LogP contribution in [-0.4, -0.2) is 62.3 Å². The molecule has 1 saturated heterocycles. The molecule has 0 saturated carbocycles. The van der Waals surface area contributed by atoms with Gasteiger partial charge in [-0.25, -0.2) is 8.42 Å². The smallest absolute Gasteiger partial charge is 0.280 e. The summed E-state index contributed by atoms with van der Waals surface area (Å²) in [4.78, 5) is 16.4. The highest BCUT2D eigenvalue weighted by Crippen LogP contribution is 2.16. The van der Waals surface area contributed by atoms with Gasteiger partial charge in [-0.15, -0.1) is 0 Å². The lowest BCUT2D eigenvalue weighted by molar-refractivity contribution is -0.918. The Hall–Kier alpha value is -2.22. The molecule has 1 aliphatic rings. The van der Waals surface area contributed by atoms with E-state index in [4.69, 9.17) is 0 Å². The molecule has 0 radical (unpaired) electrons. The SMILES string of the molecule is CCN(Cc1ccccc1)C(=O)[C@H](C)[NH+]1CCN(S(=O)(=O)c2ccc(C)cc2)CC1. The summed E-state index contributed by atoms with van der Waals surface area (Å²) < 4.78 is 27.4. The van der Waals surface area contributed by atoms with Crippen LogP contribution in [0, 0.1) is 6.92 Å². The molecular formula is C23H32N3O3S+. The molecule has 1 heterocycles. The number of carbonyl (C=O) groups excluding carboxylic acids is 1. The number of hydrogen-bond acceptors (Lipinski definition) is 3. The molecule has 0 unspecified atom stereocenters. The lowest BCUT2D eigenvalue weighted by Gasteiger charge is -2.35. The topological polar surface area (TPSA) is 62.1 Å². The number of likely N-dealkylation sites (N-methyl/N-ethyl adjacent to an activating group) is 1. The highest BCUT2D eigenvalue weighted by atomic mass is 32.2. The van der Waals surface area contributed by atoms with Crippen LogP contribution in [0.3, 0.4) is 0 Å². The Morgan fingerprint density at radius 2 is 1.67 bits per heavy atom. The summed E-state index contributed by atoms with van der Waals surface area (Å²) in [5.41, 5.74) is 2.15. The van der Waals surface area contributed by atoms with Crippen molar-refractivity contribution in [1.29, 1.82) is 0 Å². The van der Waals surface area contributed by atoms with Gasteiger partial charge in [-0.05, 0) is 38.5 Å². The van der Waals surface area contributed by atoms with Crippen LogP contribution in [0.2, 0.25) is 0 Å². The predicted octanol–water partition coefficient (Wildman–Crippen LogP) is 1.32. The van der Waals surface area contributed by atoms with Crippen molar-refractivity contribution in [3.05, 3.63) is 65.7 Å². The lowest BCUT2D eigenvalue weighted by atomic mass is 10.1. The number of carbonyl (C=O) groups is 1. The first-order chi connectivity index (χ1) is 14.3. The van der Waals surface area contributed by atoms with Crippen LogP contribution in [0.25, 0.3) is 0 Å². The minimum Gasteiger partial charge on any atom is -0.334 e. The van der Waals surface area contributed by atoms with Gasteiger partial charge in [0.2, 0.25) is 10.0 Å². The maximum Gasteiger partial charge on any atom is 0.280 e. The van der Waals surface area contributed by atoms with Crippen LogP contribution in [0.4, 0.5) is 0 Å². The zero-order valence-corrected chi connectivity index (χ0v) is 18.9. The third-order valence-electron chi connectivity index (χ3n) is 5.92. The molecule has 0 spiro atoms. The molecule has 1 fully saturated rings. The van der Waals surface area contributed by atoms with Gasteiger partial charge < -0.3 is 9.80 Å². The molecule has 162 valence electrons. The molecular weight excluding hydrogens is 398 g/mol. The van der Waals surface area contributed by atoms with Crippen molar-refractivity contribution in [2.24, 2.45) is 0 Å². The number of hydrogen-bond donors (Lipinski definition) is 1. The van der Waals surface area contributed by atoms with Crippen LogP contribution < -0.4 is 4.90 Å². The first-order valence-corrected chi connectivity index (χ1v) is 12.0. The average molecular weight is 431 g/mol. The number of amides is 1. The number of sulfonamides is 1. The Labute approximate surface area is 180 Å². The Morgan fingerprint density at radius 3 is 2.23 bits per heavy atom. The second-order valence-corrected chi connectivity index (χ2v) is 9.87. The average Bonchev–Trinajstić information content (AvgIpc) is 2.77. The molecule has 1 atom stereocenters. The molecule has 1 N–H and O–H groups in total. The summed E-state index contributed by atoms with van der Waals surface area (Å²) in [5.74, 6) is 0.117. The highest BCUT2D eigenvalue weighted by molar-refractivity contribution is 7.89. The van der Waals surface area contributed by atoms with Gasteiger partial charge in [0.05, 0.1) is 31.1 Å². The van der Waals surface area contributed by atoms with Crippen molar-refractivity contribution >= 4 is 15.9 Å². The maximum atomic E-state index is 13.1. The van der Waals surface area contributed by atoms with Crippen LogP contribution in [0.5, 0.6) is 0 Å². The molecule has 1 aliphatic heterocycles. The van der Waals surface area contributed by atoms with E-state index >= 15 is 0 Å². The van der Waals surface area contributed by atoms with E-state index in [1.54, 1.807) is 16.4 Å². The largest absolute Gasteiger partial charge is 0.334 e. The molecule has 2 aromatic carbocycles. The van der Waals surface area contributed by atoms with Gasteiger partial charge in [-0.3, -0.25) is 4.79 Å². The Morgan fingerprint density at radius 1 is 1.07 bits per heavy atom. The summed E-state index contributed by atoms with van der Waals surface area (Å²) in [7, 11) is -3.49. The molecule has 1 amide bonds. The summed E-state index contributed by atoms with van der Waals surface area (Å²) in [6.45, 7) is 9.24. The van der Waals surface area contributed by atoms with E-state index in [1.165, 1.54) is 0 Å². The summed E-state index contributed by atoms with van der Waals surface area (Å²) in [6.07, 6.45) is 0. The molecule has 0 aromatic heterocycles. The van der Waals surface area contributed by atoms with E-state index in [0.29, 0.717) is 44.2 Å². The number of quaternary nitrogens is 1. The standard InChI is InChI=1S/C23H31N3O3S/c1-4-24(18-21-8-6-5-7-9-21)23(27)20(3)25-14-16-26(17-15-25)30(28,29)22-12-10-19(2)11-13-22/h5-13,20H,4,14-18H2,1-3H3/p+1/t20-/m0/s1. The number of nitrogens with zero attached hydrogens (tertiary/aromatic N) is 2. The van der Waals surface area contributed by atoms with Crippen molar-refractivity contribution in [2.75, 3.05) is 32.7 Å². The number of aryl methyl sites for hydroxylation is 1. The van der Waals surface area contributed by atoms with Gasteiger partial charge in [0.15, 0.2) is 6.04 Å². The summed E-state index contributed by atoms with van der Waals surface area (Å²) in [5, 5.41) is 0. The van der Waals surface area contributed by atoms with Gasteiger partial charge in [-0.1, -0.05) is 48.0 Å². The molecule has 2 aromatic rings. The zero-order chi connectivity index (χ0) is 21.7. The summed E-state index contributed by atoms with van der Waals surface area (Å²) in [6, 6.07) is 16.8. The van der Waals surface area contributed by atoms with Crippen LogP contribution in [0.15, 0.2) is 59.5 Å². The lowest BCUT2D eigenvalue weighted by Crippen LogP contribution is -3.19. The third kappa shape index (κ3) is 5.09. The van der Waals surface area contributed by atoms with Crippen LogP contribution in [-0.2, 0) is 21.4 Å². The second-order valence-electron chi connectivity index (χ2n) is 7.94. The van der Waals surface area contributed by atoms with E-state index in [-0.39, 0.29) is 11.9 Å². The molecule has 0 aliphatic carbocycles. The first kappa shape index (κ1) is 22.5. The van der Waals surface area contributed by atoms with E-state index in [1.807, 2.05) is 68.1 Å². The first-order valence-electron chi connectivity index (χ1n) is 10.6. The molecule has 3 rings (SSSR count). The molecule has 0 bridgehead atoms. The quantitative estimate of drug-likeness (QED) is 0.721. The highest BCUT2D eigenvalue weighted by Gasteiger charge is 2.35. The van der Waals surface area contributed by atoms with Gasteiger partial charge in [0.1, 0.15) is 0 Å². The van der Waals surface area contributed by atoms with Crippen molar-refractivity contribution in [1.82, 2.24) is 9.21 Å². The third-order valence-corrected chi connectivity index (χ3v) is 7.83. The number of benzene rings is 2. The Balaban J connectivity index is 1.60. The number of nitrogens with one attached hydrogen (secondary N) is 1. The van der Waals surface area contributed by atoms with Gasteiger partial charge >= 0.3 is 0 Å². The zero-order valence-electron chi connectivity index (χ0n) is 18.0. The number of piperazine rings is 1. The molecule has 30 heavy (non-hydrogen) atoms. The van der Waals surface area contributed by atoms with Crippen molar-refractivity contribution in [3.63, 3.8) is 0 Å². The van der Waals surface area contributed by atoms with E-state index in [2.05, 4.69) is 0 Å². The van der Waals surface area contributed by atoms with Crippen LogP contribution >= 0.6 is 0 Å². The van der Waals surface area contributed by atoms with Gasteiger partial charge in [-0.2, -0.15) is 4.31 Å². The van der Waals surface area contributed by atoms with E-state index in [0.717, 1.165) is 16.0 Å². The minimum absolute atomic E-state index is 0.117. The van der Waals surface area contributed by atoms with E-state index < -0.39 is 10.0 Å². The maximum absolute atomic E-state index is 13.1. The predicted molar refractivity (Wildman–Crippen MR) is 118 cm³/mol. The van der Waals surface area contributed by atoms with Crippen LogP contribution in [0.1, 0.15) is 25.0 Å². The second kappa shape index (κ2) is 9.73. The van der Waals surface area contributed by atoms with Gasteiger partial charge in [0, 0.05) is 13.1 Å². The Bertz CT molecular complexity index is 937. The van der Waals surface area contributed by atoms with Crippen molar-refractivity contribution in [2.45, 2.75) is 38.3 Å². The Kier molecular flexibility index (Phi) is 7.28. The normalized spacial score (nSPS) is 16.9.